The number of benzene rings is 1. The van der Waals surface area contributed by atoms with Gasteiger partial charge in [-0.25, -0.2) is 14.4 Å². The Hall–Kier alpha value is -2.78. The Morgan fingerprint density at radius 2 is 1.94 bits per heavy atom. The maximum Gasteiger partial charge on any atom is 0.338 e. The normalized spacial score (nSPS) is 19.6. The molecule has 3 rings (SSSR count). The topological polar surface area (TPSA) is 94.2 Å². The third kappa shape index (κ3) is 5.97. The Kier molecular flexibility index (Phi) is 8.20. The second-order valence-corrected chi connectivity index (χ2v) is 8.88. The van der Waals surface area contributed by atoms with Crippen molar-refractivity contribution in [1.29, 1.82) is 0 Å². The number of carbonyl (C=O) groups is 3. The number of urea groups is 2. The van der Waals surface area contributed by atoms with Crippen molar-refractivity contribution in [2.24, 2.45) is 0 Å². The van der Waals surface area contributed by atoms with E-state index in [1.165, 1.54) is 4.90 Å². The molecule has 1 aromatic carbocycles. The Balaban J connectivity index is 1.87. The molecule has 0 bridgehead atoms. The van der Waals surface area contributed by atoms with Crippen LogP contribution in [0.15, 0.2) is 35.5 Å². The van der Waals surface area contributed by atoms with Crippen LogP contribution < -0.4 is 10.6 Å². The highest BCUT2D eigenvalue weighted by Crippen LogP contribution is 2.32. The fraction of sp³-hybridized carbons (Fsp3) is 0.522. The van der Waals surface area contributed by atoms with E-state index in [-0.39, 0.29) is 24.7 Å². The van der Waals surface area contributed by atoms with Crippen molar-refractivity contribution in [3.63, 3.8) is 0 Å². The number of rotatable bonds is 6. The zero-order chi connectivity index (χ0) is 24.1. The molecule has 2 N–H and O–H groups in total. The third-order valence-corrected chi connectivity index (χ3v) is 5.93. The summed E-state index contributed by atoms with van der Waals surface area (Å²) in [6.45, 7) is 8.59. The lowest BCUT2D eigenvalue weighted by molar-refractivity contribution is -0.139. The van der Waals surface area contributed by atoms with Crippen LogP contribution in [0.1, 0.15) is 32.4 Å². The van der Waals surface area contributed by atoms with Crippen molar-refractivity contribution in [3.8, 4) is 0 Å². The maximum atomic E-state index is 13.0. The Bertz CT molecular complexity index is 927. The predicted molar refractivity (Wildman–Crippen MR) is 126 cm³/mol. The second kappa shape index (κ2) is 10.9. The molecule has 2 heterocycles. The van der Waals surface area contributed by atoms with Gasteiger partial charge in [-0.15, -0.1) is 0 Å². The molecule has 1 unspecified atom stereocenters. The summed E-state index contributed by atoms with van der Waals surface area (Å²) >= 11 is 6.18. The molecular weight excluding hydrogens is 446 g/mol. The molecule has 4 amide bonds. The third-order valence-electron chi connectivity index (χ3n) is 5.70. The van der Waals surface area contributed by atoms with Gasteiger partial charge in [-0.3, -0.25) is 9.80 Å². The van der Waals surface area contributed by atoms with Crippen LogP contribution in [0.4, 0.5) is 9.59 Å². The van der Waals surface area contributed by atoms with Crippen molar-refractivity contribution >= 4 is 29.6 Å². The minimum Gasteiger partial charge on any atom is -0.463 e. The molecule has 0 saturated carbocycles. The lowest BCUT2D eigenvalue weighted by Crippen LogP contribution is -2.55. The smallest absolute Gasteiger partial charge is 0.338 e. The standard InChI is InChI=1S/C23H32ClN5O4/c1-5-33-21(30)19-18(14-28-9-11-29(12-10-28)23(32)25-15(2)3)27(4)22(31)26-20(19)16-7-6-8-17(24)13-16/h6-8,13,15,20H,5,9-12,14H2,1-4H3,(H,25,32)(H,26,31). The number of carbonyl (C=O) groups excluding carboxylic acids is 3. The summed E-state index contributed by atoms with van der Waals surface area (Å²) in [6, 6.07) is 6.11. The Morgan fingerprint density at radius 1 is 1.24 bits per heavy atom. The average molecular weight is 478 g/mol. The van der Waals surface area contributed by atoms with Gasteiger partial charge in [-0.05, 0) is 38.5 Å². The number of ether oxygens (including phenoxy) is 1. The first-order valence-electron chi connectivity index (χ1n) is 11.2. The highest BCUT2D eigenvalue weighted by molar-refractivity contribution is 6.30. The maximum absolute atomic E-state index is 13.0. The van der Waals surface area contributed by atoms with Crippen LogP contribution in [0.25, 0.3) is 0 Å². The number of nitrogens with zero attached hydrogens (tertiary/aromatic N) is 3. The summed E-state index contributed by atoms with van der Waals surface area (Å²) in [7, 11) is 1.64. The molecule has 33 heavy (non-hydrogen) atoms. The molecule has 2 aliphatic rings. The van der Waals surface area contributed by atoms with Gasteiger partial charge in [0.05, 0.1) is 18.2 Å². The molecular formula is C23H32ClN5O4. The van der Waals surface area contributed by atoms with E-state index in [2.05, 4.69) is 15.5 Å². The van der Waals surface area contributed by atoms with Gasteiger partial charge in [-0.1, -0.05) is 23.7 Å². The molecule has 9 nitrogen and oxygen atoms in total. The molecule has 0 aliphatic carbocycles. The zero-order valence-electron chi connectivity index (χ0n) is 19.6. The average Bonchev–Trinajstić information content (AvgIpc) is 2.76. The van der Waals surface area contributed by atoms with E-state index in [1.54, 1.807) is 37.1 Å². The van der Waals surface area contributed by atoms with Gasteiger partial charge in [0.2, 0.25) is 0 Å². The van der Waals surface area contributed by atoms with E-state index in [9.17, 15) is 14.4 Å². The summed E-state index contributed by atoms with van der Waals surface area (Å²) in [4.78, 5) is 43.5. The molecule has 10 heteroatoms. The van der Waals surface area contributed by atoms with Crippen molar-refractivity contribution in [3.05, 3.63) is 46.1 Å². The number of amides is 4. The van der Waals surface area contributed by atoms with Crippen LogP contribution in [0, 0.1) is 0 Å². The molecule has 180 valence electrons. The van der Waals surface area contributed by atoms with Crippen LogP contribution in [-0.2, 0) is 9.53 Å². The van der Waals surface area contributed by atoms with E-state index < -0.39 is 12.0 Å². The summed E-state index contributed by atoms with van der Waals surface area (Å²) in [6.07, 6.45) is 0. The molecule has 1 fully saturated rings. The van der Waals surface area contributed by atoms with Gasteiger partial charge < -0.3 is 20.3 Å². The molecule has 1 aromatic rings. The van der Waals surface area contributed by atoms with Gasteiger partial charge in [0.15, 0.2) is 0 Å². The summed E-state index contributed by atoms with van der Waals surface area (Å²) in [5.74, 6) is -0.473. The molecule has 1 saturated heterocycles. The van der Waals surface area contributed by atoms with E-state index in [0.29, 0.717) is 54.6 Å². The zero-order valence-corrected chi connectivity index (χ0v) is 20.3. The number of likely N-dealkylation sites (N-methyl/N-ethyl adjacent to an activating group) is 1. The quantitative estimate of drug-likeness (QED) is 0.614. The lowest BCUT2D eigenvalue weighted by Gasteiger charge is -2.39. The SMILES string of the molecule is CCOC(=O)C1=C(CN2CCN(C(=O)NC(C)C)CC2)N(C)C(=O)NC1c1cccc(Cl)c1. The highest BCUT2D eigenvalue weighted by atomic mass is 35.5. The van der Waals surface area contributed by atoms with Crippen LogP contribution in [0.2, 0.25) is 5.02 Å². The van der Waals surface area contributed by atoms with Crippen molar-refractivity contribution in [2.75, 3.05) is 46.4 Å². The van der Waals surface area contributed by atoms with Crippen LogP contribution in [0.5, 0.6) is 0 Å². The number of hydrogen-bond donors (Lipinski definition) is 2. The van der Waals surface area contributed by atoms with Gasteiger partial charge in [-0.2, -0.15) is 0 Å². The van der Waals surface area contributed by atoms with Gasteiger partial charge in [0.1, 0.15) is 0 Å². The van der Waals surface area contributed by atoms with Crippen molar-refractivity contribution < 1.29 is 19.1 Å². The monoisotopic (exact) mass is 477 g/mol. The van der Waals surface area contributed by atoms with Crippen LogP contribution >= 0.6 is 11.6 Å². The summed E-state index contributed by atoms with van der Waals surface area (Å²) in [5, 5.41) is 6.32. The highest BCUT2D eigenvalue weighted by Gasteiger charge is 2.37. The fourth-order valence-corrected chi connectivity index (χ4v) is 4.19. The summed E-state index contributed by atoms with van der Waals surface area (Å²) < 4.78 is 5.36. The van der Waals surface area contributed by atoms with Gasteiger partial charge >= 0.3 is 18.0 Å². The van der Waals surface area contributed by atoms with E-state index in [1.807, 2.05) is 19.9 Å². The van der Waals surface area contributed by atoms with E-state index in [4.69, 9.17) is 16.3 Å². The first-order chi connectivity index (χ1) is 15.7. The predicted octanol–water partition coefficient (Wildman–Crippen LogP) is 2.59. The Labute approximate surface area is 199 Å². The van der Waals surface area contributed by atoms with Crippen LogP contribution in [0.3, 0.4) is 0 Å². The first kappa shape index (κ1) is 24.9. The molecule has 1 atom stereocenters. The van der Waals surface area contributed by atoms with E-state index in [0.717, 1.165) is 0 Å². The summed E-state index contributed by atoms with van der Waals surface area (Å²) in [5.41, 5.74) is 1.68. The fourth-order valence-electron chi connectivity index (χ4n) is 3.99. The Morgan fingerprint density at radius 3 is 2.55 bits per heavy atom. The largest absolute Gasteiger partial charge is 0.463 e. The number of piperazine rings is 1. The van der Waals surface area contributed by atoms with Gasteiger partial charge in [0.25, 0.3) is 0 Å². The molecule has 0 radical (unpaired) electrons. The van der Waals surface area contributed by atoms with E-state index >= 15 is 0 Å². The number of esters is 1. The minimum atomic E-state index is -0.667. The molecule has 2 aliphatic heterocycles. The van der Waals surface area contributed by atoms with Crippen LogP contribution in [-0.4, -0.2) is 85.2 Å². The lowest BCUT2D eigenvalue weighted by atomic mass is 9.94. The van der Waals surface area contributed by atoms with Crippen molar-refractivity contribution in [1.82, 2.24) is 25.3 Å². The molecule has 0 aromatic heterocycles. The molecule has 0 spiro atoms. The number of halogens is 1. The van der Waals surface area contributed by atoms with Gasteiger partial charge in [0, 0.05) is 56.5 Å². The minimum absolute atomic E-state index is 0.0747. The second-order valence-electron chi connectivity index (χ2n) is 8.44. The number of nitrogens with one attached hydrogen (secondary N) is 2. The first-order valence-corrected chi connectivity index (χ1v) is 11.6. The number of hydrogen-bond acceptors (Lipinski definition) is 5. The van der Waals surface area contributed by atoms with Crippen molar-refractivity contribution in [2.45, 2.75) is 32.9 Å².